The Bertz CT molecular complexity index is 1170. The van der Waals surface area contributed by atoms with Gasteiger partial charge in [-0.05, 0) is 105 Å². The number of methoxy groups -OCH3 is 1. The van der Waals surface area contributed by atoms with Crippen molar-refractivity contribution < 1.29 is 28.5 Å². The van der Waals surface area contributed by atoms with Gasteiger partial charge in [-0.1, -0.05) is 0 Å². The van der Waals surface area contributed by atoms with Gasteiger partial charge in [0.2, 0.25) is 0 Å². The molecule has 0 unspecified atom stereocenters. The summed E-state index contributed by atoms with van der Waals surface area (Å²) in [5.74, 6) is 2.75. The summed E-state index contributed by atoms with van der Waals surface area (Å²) in [6.07, 6.45) is 3.06. The van der Waals surface area contributed by atoms with Crippen molar-refractivity contribution in [1.29, 1.82) is 0 Å². The minimum atomic E-state index is -0.454. The molecule has 2 saturated heterocycles. The summed E-state index contributed by atoms with van der Waals surface area (Å²) in [7, 11) is 1.63. The molecule has 2 heterocycles. The van der Waals surface area contributed by atoms with Crippen LogP contribution in [0.2, 0.25) is 0 Å². The minimum absolute atomic E-state index is 0.196. The third-order valence-electron chi connectivity index (χ3n) is 7.07. The molecule has 0 N–H and O–H groups in total. The second kappa shape index (κ2) is 12.5. The number of amides is 1. The molecule has 1 amide bonds. The molecule has 0 spiro atoms. The van der Waals surface area contributed by atoms with Gasteiger partial charge in [-0.15, -0.1) is 0 Å². The number of rotatable bonds is 8. The van der Waals surface area contributed by atoms with Gasteiger partial charge in [0, 0.05) is 37.9 Å². The van der Waals surface area contributed by atoms with E-state index >= 15 is 0 Å². The summed E-state index contributed by atoms with van der Waals surface area (Å²) in [4.78, 5) is 28.5. The van der Waals surface area contributed by atoms with Crippen LogP contribution in [0.1, 0.15) is 57.3 Å². The van der Waals surface area contributed by atoms with Crippen molar-refractivity contribution in [2.24, 2.45) is 11.8 Å². The highest BCUT2D eigenvalue weighted by atomic mass is 79.9. The summed E-state index contributed by atoms with van der Waals surface area (Å²) in [5.41, 5.74) is 1.11. The number of piperidine rings is 1. The van der Waals surface area contributed by atoms with Crippen LogP contribution in [-0.4, -0.2) is 62.5 Å². The van der Waals surface area contributed by atoms with E-state index in [0.717, 1.165) is 44.7 Å². The van der Waals surface area contributed by atoms with Gasteiger partial charge in [-0.2, -0.15) is 0 Å². The lowest BCUT2D eigenvalue weighted by atomic mass is 9.83. The molecular weight excluding hydrogens is 564 g/mol. The number of carbonyl (C=O) groups excluding carboxylic acids is 2. The molecule has 4 rings (SSSR count). The minimum Gasteiger partial charge on any atom is -0.493 e. The standard InChI is InChI=1S/C30H39BrN2O6/c1-6-37-28(34)22-7-9-25(24(31)16-22)38-26-10-8-23(17-27(26)36-5)33-18-21(19-33)15-20-11-13-32(14-12-20)29(35)39-30(2,3)4/h7-10,16-17,20-21H,6,11-15,18-19H2,1-5H3. The van der Waals surface area contributed by atoms with Crippen molar-refractivity contribution in [1.82, 2.24) is 4.90 Å². The normalized spacial score (nSPS) is 16.5. The Hall–Kier alpha value is -2.94. The zero-order valence-corrected chi connectivity index (χ0v) is 25.1. The van der Waals surface area contributed by atoms with Crippen LogP contribution in [0.5, 0.6) is 17.2 Å². The van der Waals surface area contributed by atoms with E-state index in [0.29, 0.717) is 45.7 Å². The number of halogens is 1. The first-order valence-electron chi connectivity index (χ1n) is 13.6. The number of benzene rings is 2. The molecule has 2 aromatic rings. The molecule has 8 nitrogen and oxygen atoms in total. The highest BCUT2D eigenvalue weighted by Gasteiger charge is 2.33. The van der Waals surface area contributed by atoms with E-state index in [9.17, 15) is 9.59 Å². The number of esters is 1. The molecule has 2 aromatic carbocycles. The number of hydrogen-bond acceptors (Lipinski definition) is 7. The van der Waals surface area contributed by atoms with E-state index in [1.807, 2.05) is 43.9 Å². The van der Waals surface area contributed by atoms with E-state index in [-0.39, 0.29) is 12.1 Å². The maximum absolute atomic E-state index is 12.3. The van der Waals surface area contributed by atoms with Crippen LogP contribution in [0.3, 0.4) is 0 Å². The zero-order valence-electron chi connectivity index (χ0n) is 23.5. The molecule has 0 atom stereocenters. The lowest BCUT2D eigenvalue weighted by molar-refractivity contribution is 0.0173. The summed E-state index contributed by atoms with van der Waals surface area (Å²) < 4.78 is 23.0. The Kier molecular flexibility index (Phi) is 9.31. The van der Waals surface area contributed by atoms with Crippen molar-refractivity contribution in [3.8, 4) is 17.2 Å². The fraction of sp³-hybridized carbons (Fsp3) is 0.533. The van der Waals surface area contributed by atoms with Gasteiger partial charge in [0.15, 0.2) is 11.5 Å². The van der Waals surface area contributed by atoms with E-state index in [4.69, 9.17) is 18.9 Å². The molecule has 9 heteroatoms. The Morgan fingerprint density at radius 3 is 2.28 bits per heavy atom. The van der Waals surface area contributed by atoms with Gasteiger partial charge in [-0.25, -0.2) is 9.59 Å². The summed E-state index contributed by atoms with van der Waals surface area (Å²) in [6, 6.07) is 11.1. The van der Waals surface area contributed by atoms with Crippen LogP contribution in [0.4, 0.5) is 10.5 Å². The van der Waals surface area contributed by atoms with Gasteiger partial charge in [-0.3, -0.25) is 0 Å². The average Bonchev–Trinajstić information content (AvgIpc) is 2.87. The maximum Gasteiger partial charge on any atom is 0.410 e. The van der Waals surface area contributed by atoms with Crippen molar-refractivity contribution in [2.45, 2.75) is 52.6 Å². The number of likely N-dealkylation sites (tertiary alicyclic amines) is 1. The second-order valence-electron chi connectivity index (χ2n) is 11.2. The summed E-state index contributed by atoms with van der Waals surface area (Å²) in [6.45, 7) is 11.4. The lowest BCUT2D eigenvalue weighted by Crippen LogP contribution is -2.48. The molecule has 0 radical (unpaired) electrons. The topological polar surface area (TPSA) is 77.5 Å². The van der Waals surface area contributed by atoms with E-state index < -0.39 is 5.60 Å². The SMILES string of the molecule is CCOC(=O)c1ccc(Oc2ccc(N3CC(CC4CCN(C(=O)OC(C)(C)C)CC4)C3)cc2OC)c(Br)c1. The van der Waals surface area contributed by atoms with Gasteiger partial charge in [0.1, 0.15) is 11.4 Å². The molecule has 0 saturated carbocycles. The smallest absolute Gasteiger partial charge is 0.410 e. The predicted octanol–water partition coefficient (Wildman–Crippen LogP) is 6.90. The number of anilines is 1. The Morgan fingerprint density at radius 2 is 1.67 bits per heavy atom. The third kappa shape index (κ3) is 7.59. The van der Waals surface area contributed by atoms with Gasteiger partial charge in [0.05, 0.1) is 23.8 Å². The lowest BCUT2D eigenvalue weighted by Gasteiger charge is -2.43. The molecule has 39 heavy (non-hydrogen) atoms. The Morgan fingerprint density at radius 1 is 0.974 bits per heavy atom. The molecular formula is C30H39BrN2O6. The monoisotopic (exact) mass is 602 g/mol. The predicted molar refractivity (Wildman–Crippen MR) is 154 cm³/mol. The first kappa shape index (κ1) is 29.1. The molecule has 0 aromatic heterocycles. The van der Waals surface area contributed by atoms with Crippen LogP contribution in [0.25, 0.3) is 0 Å². The van der Waals surface area contributed by atoms with Gasteiger partial charge < -0.3 is 28.7 Å². The van der Waals surface area contributed by atoms with E-state index in [2.05, 4.69) is 20.8 Å². The fourth-order valence-corrected chi connectivity index (χ4v) is 5.52. The van der Waals surface area contributed by atoms with Crippen LogP contribution in [0.15, 0.2) is 40.9 Å². The highest BCUT2D eigenvalue weighted by molar-refractivity contribution is 9.10. The zero-order chi connectivity index (χ0) is 28.2. The largest absolute Gasteiger partial charge is 0.493 e. The van der Waals surface area contributed by atoms with Crippen LogP contribution in [0, 0.1) is 11.8 Å². The molecule has 2 aliphatic rings. The van der Waals surface area contributed by atoms with Crippen molar-refractivity contribution in [3.05, 3.63) is 46.4 Å². The highest BCUT2D eigenvalue weighted by Crippen LogP contribution is 2.40. The molecule has 0 bridgehead atoms. The summed E-state index contributed by atoms with van der Waals surface area (Å²) >= 11 is 3.49. The number of hydrogen-bond donors (Lipinski definition) is 0. The molecule has 212 valence electrons. The van der Waals surface area contributed by atoms with E-state index in [1.165, 1.54) is 6.42 Å². The van der Waals surface area contributed by atoms with Crippen LogP contribution >= 0.6 is 15.9 Å². The molecule has 2 fully saturated rings. The first-order chi connectivity index (χ1) is 18.6. The second-order valence-corrected chi connectivity index (χ2v) is 12.1. The quantitative estimate of drug-likeness (QED) is 0.304. The maximum atomic E-state index is 12.3. The Balaban J connectivity index is 1.28. The van der Waals surface area contributed by atoms with Crippen LogP contribution < -0.4 is 14.4 Å². The average molecular weight is 604 g/mol. The molecule has 2 aliphatic heterocycles. The van der Waals surface area contributed by atoms with E-state index in [1.54, 1.807) is 32.2 Å². The number of carbonyl (C=O) groups is 2. The van der Waals surface area contributed by atoms with Crippen molar-refractivity contribution >= 4 is 33.7 Å². The van der Waals surface area contributed by atoms with Gasteiger partial charge >= 0.3 is 12.1 Å². The molecule has 0 aliphatic carbocycles. The number of nitrogens with zero attached hydrogens (tertiary/aromatic N) is 2. The first-order valence-corrected chi connectivity index (χ1v) is 14.4. The van der Waals surface area contributed by atoms with Crippen molar-refractivity contribution in [2.75, 3.05) is 44.8 Å². The van der Waals surface area contributed by atoms with Crippen molar-refractivity contribution in [3.63, 3.8) is 0 Å². The fourth-order valence-electron chi connectivity index (χ4n) is 5.06. The number of ether oxygens (including phenoxy) is 4. The Labute approximate surface area is 239 Å². The third-order valence-corrected chi connectivity index (χ3v) is 7.69. The van der Waals surface area contributed by atoms with Gasteiger partial charge in [0.25, 0.3) is 0 Å². The summed E-state index contributed by atoms with van der Waals surface area (Å²) in [5, 5.41) is 0. The van der Waals surface area contributed by atoms with Crippen LogP contribution in [-0.2, 0) is 9.47 Å².